The average molecular weight is 319 g/mol. The number of carbonyl (C=O) groups is 2. The maximum atomic E-state index is 13.4. The first-order valence-electron chi connectivity index (χ1n) is 5.28. The summed E-state index contributed by atoms with van der Waals surface area (Å²) in [7, 11) is 0. The molecule has 0 saturated heterocycles. The van der Waals surface area contributed by atoms with Gasteiger partial charge in [0.25, 0.3) is 5.91 Å². The topological polar surface area (TPSA) is 66.4 Å². The van der Waals surface area contributed by atoms with Gasteiger partial charge in [-0.2, -0.15) is 0 Å². The summed E-state index contributed by atoms with van der Waals surface area (Å²) < 4.78 is 52.3. The highest BCUT2D eigenvalue weighted by Crippen LogP contribution is 2.25. The van der Waals surface area contributed by atoms with E-state index in [1.807, 2.05) is 5.32 Å². The van der Waals surface area contributed by atoms with Gasteiger partial charge >= 0.3 is 5.97 Å². The third-order valence-electron chi connectivity index (χ3n) is 2.47. The Labute approximate surface area is 118 Å². The summed E-state index contributed by atoms with van der Waals surface area (Å²) in [5, 5.41) is 12.0. The van der Waals surface area contributed by atoms with Crippen molar-refractivity contribution in [2.45, 2.75) is 0 Å². The van der Waals surface area contributed by atoms with Crippen LogP contribution in [0.2, 0.25) is 0 Å². The molecule has 2 rings (SSSR count). The standard InChI is InChI=1S/C12H5F4NO3S/c13-6-3-5(7(14)9(16)8(6)15)10(18)17-11-4(12(19)20)1-2-21-11/h1-3H,(H,17,18)(H,19,20). The van der Waals surface area contributed by atoms with Crippen molar-refractivity contribution in [3.63, 3.8) is 0 Å². The molecule has 0 radical (unpaired) electrons. The van der Waals surface area contributed by atoms with Crippen LogP contribution in [-0.2, 0) is 0 Å². The summed E-state index contributed by atoms with van der Waals surface area (Å²) in [6, 6.07) is 1.38. The van der Waals surface area contributed by atoms with Crippen molar-refractivity contribution in [2.24, 2.45) is 0 Å². The number of carboxylic acids is 1. The third-order valence-corrected chi connectivity index (χ3v) is 3.30. The van der Waals surface area contributed by atoms with Crippen LogP contribution in [-0.4, -0.2) is 17.0 Å². The average Bonchev–Trinajstić information content (AvgIpc) is 2.88. The van der Waals surface area contributed by atoms with Crippen molar-refractivity contribution < 1.29 is 32.3 Å². The first-order valence-corrected chi connectivity index (χ1v) is 6.16. The number of thiophene rings is 1. The Kier molecular flexibility index (Phi) is 3.94. The number of amides is 1. The Morgan fingerprint density at radius 3 is 2.33 bits per heavy atom. The summed E-state index contributed by atoms with van der Waals surface area (Å²) in [6.45, 7) is 0. The van der Waals surface area contributed by atoms with E-state index >= 15 is 0 Å². The van der Waals surface area contributed by atoms with Crippen LogP contribution in [0.5, 0.6) is 0 Å². The molecule has 0 aliphatic heterocycles. The van der Waals surface area contributed by atoms with Crippen molar-refractivity contribution in [3.8, 4) is 0 Å². The Morgan fingerprint density at radius 1 is 1.05 bits per heavy atom. The number of carboxylic acid groups (broad SMARTS) is 1. The summed E-state index contributed by atoms with van der Waals surface area (Å²) in [6.07, 6.45) is 0. The normalized spacial score (nSPS) is 10.5. The maximum Gasteiger partial charge on any atom is 0.338 e. The number of hydrogen-bond donors (Lipinski definition) is 2. The van der Waals surface area contributed by atoms with Crippen LogP contribution < -0.4 is 5.32 Å². The monoisotopic (exact) mass is 319 g/mol. The number of rotatable bonds is 3. The van der Waals surface area contributed by atoms with E-state index in [0.29, 0.717) is 0 Å². The van der Waals surface area contributed by atoms with E-state index in [-0.39, 0.29) is 16.6 Å². The molecule has 2 aromatic rings. The molecule has 2 N–H and O–H groups in total. The molecule has 0 fully saturated rings. The van der Waals surface area contributed by atoms with Gasteiger partial charge in [0, 0.05) is 0 Å². The summed E-state index contributed by atoms with van der Waals surface area (Å²) in [5.74, 6) is -10.4. The first-order chi connectivity index (χ1) is 9.82. The second kappa shape index (κ2) is 5.52. The molecular formula is C12H5F4NO3S. The highest BCUT2D eigenvalue weighted by Gasteiger charge is 2.24. The largest absolute Gasteiger partial charge is 0.478 e. The van der Waals surface area contributed by atoms with Crippen molar-refractivity contribution >= 4 is 28.2 Å². The third kappa shape index (κ3) is 2.72. The minimum atomic E-state index is -2.12. The molecule has 1 heterocycles. The fourth-order valence-electron chi connectivity index (χ4n) is 1.48. The zero-order valence-corrected chi connectivity index (χ0v) is 10.7. The molecule has 0 aliphatic rings. The molecule has 4 nitrogen and oxygen atoms in total. The van der Waals surface area contributed by atoms with E-state index in [9.17, 15) is 27.2 Å². The highest BCUT2D eigenvalue weighted by atomic mass is 32.1. The molecule has 21 heavy (non-hydrogen) atoms. The lowest BCUT2D eigenvalue weighted by Crippen LogP contribution is -2.17. The van der Waals surface area contributed by atoms with Crippen molar-refractivity contribution in [1.29, 1.82) is 0 Å². The molecular weight excluding hydrogens is 314 g/mol. The van der Waals surface area contributed by atoms with E-state index in [1.165, 1.54) is 11.4 Å². The molecule has 1 aromatic carbocycles. The number of carbonyl (C=O) groups excluding carboxylic acids is 1. The lowest BCUT2D eigenvalue weighted by atomic mass is 10.1. The number of anilines is 1. The molecule has 0 bridgehead atoms. The van der Waals surface area contributed by atoms with Crippen LogP contribution in [0.1, 0.15) is 20.7 Å². The van der Waals surface area contributed by atoms with Crippen LogP contribution in [0.15, 0.2) is 17.5 Å². The molecule has 1 amide bonds. The Balaban J connectivity index is 2.38. The van der Waals surface area contributed by atoms with Gasteiger partial charge in [-0.15, -0.1) is 11.3 Å². The van der Waals surface area contributed by atoms with Crippen molar-refractivity contribution in [1.82, 2.24) is 0 Å². The summed E-state index contributed by atoms with van der Waals surface area (Å²) in [4.78, 5) is 22.6. The van der Waals surface area contributed by atoms with Crippen LogP contribution in [0, 0.1) is 23.3 Å². The van der Waals surface area contributed by atoms with E-state index in [1.54, 1.807) is 0 Å². The molecule has 0 aliphatic carbocycles. The summed E-state index contributed by atoms with van der Waals surface area (Å²) >= 11 is 0.821. The Morgan fingerprint density at radius 2 is 1.71 bits per heavy atom. The van der Waals surface area contributed by atoms with Gasteiger partial charge in [-0.3, -0.25) is 4.79 Å². The van der Waals surface area contributed by atoms with E-state index < -0.39 is 40.7 Å². The molecule has 1 aromatic heterocycles. The van der Waals surface area contributed by atoms with Crippen LogP contribution in [0.3, 0.4) is 0 Å². The van der Waals surface area contributed by atoms with Gasteiger partial charge in [-0.1, -0.05) is 0 Å². The fourth-order valence-corrected chi connectivity index (χ4v) is 2.26. The number of aromatic carboxylic acids is 1. The Hall–Kier alpha value is -2.42. The van der Waals surface area contributed by atoms with E-state index in [0.717, 1.165) is 11.3 Å². The lowest BCUT2D eigenvalue weighted by Gasteiger charge is -2.07. The second-order valence-corrected chi connectivity index (χ2v) is 4.69. The molecule has 9 heteroatoms. The lowest BCUT2D eigenvalue weighted by molar-refractivity contribution is 0.0698. The maximum absolute atomic E-state index is 13.4. The predicted octanol–water partition coefficient (Wildman–Crippen LogP) is 3.25. The number of hydrogen-bond acceptors (Lipinski definition) is 3. The van der Waals surface area contributed by atoms with Gasteiger partial charge in [0.15, 0.2) is 23.3 Å². The highest BCUT2D eigenvalue weighted by molar-refractivity contribution is 7.14. The van der Waals surface area contributed by atoms with Gasteiger partial charge in [-0.25, -0.2) is 22.4 Å². The molecule has 0 atom stereocenters. The quantitative estimate of drug-likeness (QED) is 0.518. The van der Waals surface area contributed by atoms with Gasteiger partial charge in [0.1, 0.15) is 5.00 Å². The molecule has 110 valence electrons. The molecule has 0 unspecified atom stereocenters. The minimum Gasteiger partial charge on any atom is -0.478 e. The predicted molar refractivity (Wildman–Crippen MR) is 65.5 cm³/mol. The van der Waals surface area contributed by atoms with Crippen molar-refractivity contribution in [3.05, 3.63) is 51.9 Å². The van der Waals surface area contributed by atoms with Crippen molar-refractivity contribution in [2.75, 3.05) is 5.32 Å². The number of nitrogens with one attached hydrogen (secondary N) is 1. The zero-order valence-electron chi connectivity index (χ0n) is 9.92. The van der Waals surface area contributed by atoms with Gasteiger partial charge in [0.05, 0.1) is 11.1 Å². The van der Waals surface area contributed by atoms with Gasteiger partial charge < -0.3 is 10.4 Å². The second-order valence-electron chi connectivity index (χ2n) is 3.77. The zero-order chi connectivity index (χ0) is 15.7. The van der Waals surface area contributed by atoms with Crippen LogP contribution in [0.4, 0.5) is 22.6 Å². The fraction of sp³-hybridized carbons (Fsp3) is 0. The number of halogens is 4. The van der Waals surface area contributed by atoms with Gasteiger partial charge in [0.2, 0.25) is 0 Å². The van der Waals surface area contributed by atoms with Crippen LogP contribution in [0.25, 0.3) is 0 Å². The smallest absolute Gasteiger partial charge is 0.338 e. The first kappa shape index (κ1) is 15.0. The minimum absolute atomic E-state index is 0.142. The molecule has 0 spiro atoms. The van der Waals surface area contributed by atoms with E-state index in [4.69, 9.17) is 5.11 Å². The van der Waals surface area contributed by atoms with E-state index in [2.05, 4.69) is 0 Å². The van der Waals surface area contributed by atoms with Gasteiger partial charge in [-0.05, 0) is 17.5 Å². The molecule has 0 saturated carbocycles. The van der Waals surface area contributed by atoms with Crippen LogP contribution >= 0.6 is 11.3 Å². The number of benzene rings is 1. The summed E-state index contributed by atoms with van der Waals surface area (Å²) in [5.41, 5.74) is -1.34. The SMILES string of the molecule is O=C(O)c1ccsc1NC(=O)c1cc(F)c(F)c(F)c1F. The Bertz CT molecular complexity index is 744.